The Morgan fingerprint density at radius 1 is 1.17 bits per heavy atom. The summed E-state index contributed by atoms with van der Waals surface area (Å²) >= 11 is 0. The van der Waals surface area contributed by atoms with E-state index in [0.717, 1.165) is 58.0 Å². The molecule has 0 saturated carbocycles. The molecule has 1 saturated heterocycles. The number of esters is 1. The van der Waals surface area contributed by atoms with Gasteiger partial charge < -0.3 is 18.9 Å². The van der Waals surface area contributed by atoms with Crippen LogP contribution < -0.4 is 9.64 Å². The predicted molar refractivity (Wildman–Crippen MR) is 122 cm³/mol. The molecule has 0 spiro atoms. The quantitative estimate of drug-likeness (QED) is 0.324. The minimum atomic E-state index is -1.06. The van der Waals surface area contributed by atoms with Crippen molar-refractivity contribution in [2.24, 2.45) is 5.92 Å². The number of carbonyl (C=O) groups excluding carboxylic acids is 1. The fourth-order valence-electron chi connectivity index (χ4n) is 4.03. The van der Waals surface area contributed by atoms with Crippen molar-refractivity contribution < 1.29 is 27.6 Å². The Morgan fingerprint density at radius 2 is 1.86 bits per heavy atom. The number of rotatable bonds is 9. The number of aryl methyl sites for hydroxylation is 1. The molecule has 0 amide bonds. The van der Waals surface area contributed by atoms with Crippen LogP contribution >= 0.6 is 0 Å². The van der Waals surface area contributed by atoms with E-state index in [0.29, 0.717) is 42.2 Å². The lowest BCUT2D eigenvalue weighted by molar-refractivity contribution is 0.0589. The van der Waals surface area contributed by atoms with Crippen molar-refractivity contribution in [1.29, 1.82) is 0 Å². The molecular formula is C24H27F2N5O4. The van der Waals surface area contributed by atoms with Crippen molar-refractivity contribution in [1.82, 2.24) is 20.1 Å². The van der Waals surface area contributed by atoms with Crippen LogP contribution in [0.5, 0.6) is 5.75 Å². The van der Waals surface area contributed by atoms with Crippen LogP contribution in [0, 0.1) is 17.6 Å². The van der Waals surface area contributed by atoms with Gasteiger partial charge >= 0.3 is 5.97 Å². The van der Waals surface area contributed by atoms with Crippen molar-refractivity contribution in [3.8, 4) is 17.1 Å². The summed E-state index contributed by atoms with van der Waals surface area (Å²) in [6, 6.07) is 2.00. The van der Waals surface area contributed by atoms with Gasteiger partial charge in [0, 0.05) is 44.0 Å². The van der Waals surface area contributed by atoms with E-state index in [9.17, 15) is 13.6 Å². The molecule has 0 bridgehead atoms. The Hall–Kier alpha value is -3.63. The lowest BCUT2D eigenvalue weighted by atomic mass is 9.92. The van der Waals surface area contributed by atoms with Gasteiger partial charge in [-0.3, -0.25) is 0 Å². The van der Waals surface area contributed by atoms with E-state index in [2.05, 4.69) is 29.7 Å². The fourth-order valence-corrected chi connectivity index (χ4v) is 4.03. The van der Waals surface area contributed by atoms with Gasteiger partial charge in [-0.25, -0.2) is 23.5 Å². The van der Waals surface area contributed by atoms with E-state index in [1.807, 2.05) is 6.92 Å². The smallest absolute Gasteiger partial charge is 0.343 e. The summed E-state index contributed by atoms with van der Waals surface area (Å²) < 4.78 is 43.0. The molecule has 2 aromatic heterocycles. The molecule has 3 aromatic rings. The van der Waals surface area contributed by atoms with Crippen LogP contribution in [0.1, 0.15) is 48.9 Å². The van der Waals surface area contributed by atoms with E-state index >= 15 is 0 Å². The lowest BCUT2D eigenvalue weighted by Crippen LogP contribution is -2.34. The summed E-state index contributed by atoms with van der Waals surface area (Å²) in [6.07, 6.45) is 7.77. The van der Waals surface area contributed by atoms with Crippen molar-refractivity contribution in [3.05, 3.63) is 47.6 Å². The summed E-state index contributed by atoms with van der Waals surface area (Å²) in [5.41, 5.74) is -0.00236. The van der Waals surface area contributed by atoms with Crippen molar-refractivity contribution in [2.75, 3.05) is 31.7 Å². The SMILES string of the molecule is CCc1nc(-c2cnc(N3CCC(CCCOc4cc(F)c(C(=O)OC)c(F)c4)CC3)nc2)no1. The molecule has 3 heterocycles. The number of ether oxygens (including phenoxy) is 2. The Morgan fingerprint density at radius 3 is 2.46 bits per heavy atom. The van der Waals surface area contributed by atoms with Gasteiger partial charge in [-0.1, -0.05) is 12.1 Å². The number of piperidine rings is 1. The van der Waals surface area contributed by atoms with Gasteiger partial charge in [0.25, 0.3) is 0 Å². The number of carbonyl (C=O) groups is 1. The first-order chi connectivity index (χ1) is 17.0. The molecule has 11 heteroatoms. The maximum Gasteiger partial charge on any atom is 0.343 e. The number of benzene rings is 1. The third-order valence-corrected chi connectivity index (χ3v) is 5.99. The monoisotopic (exact) mass is 487 g/mol. The topological polar surface area (TPSA) is 103 Å². The Balaban J connectivity index is 1.20. The summed E-state index contributed by atoms with van der Waals surface area (Å²) in [5.74, 6) is -0.751. The average Bonchev–Trinajstić information content (AvgIpc) is 3.36. The van der Waals surface area contributed by atoms with Crippen LogP contribution in [0.15, 0.2) is 29.0 Å². The molecule has 0 aliphatic carbocycles. The van der Waals surface area contributed by atoms with Gasteiger partial charge in [-0.05, 0) is 31.6 Å². The molecule has 1 aromatic carbocycles. The van der Waals surface area contributed by atoms with Crippen molar-refractivity contribution in [2.45, 2.75) is 39.0 Å². The molecule has 35 heavy (non-hydrogen) atoms. The van der Waals surface area contributed by atoms with Crippen LogP contribution in [-0.4, -0.2) is 52.9 Å². The first-order valence-corrected chi connectivity index (χ1v) is 11.6. The highest BCUT2D eigenvalue weighted by molar-refractivity contribution is 5.90. The maximum atomic E-state index is 14.0. The summed E-state index contributed by atoms with van der Waals surface area (Å²) in [5, 5.41) is 3.94. The molecule has 0 radical (unpaired) electrons. The normalized spacial score (nSPS) is 14.2. The minimum absolute atomic E-state index is 0.0507. The van der Waals surface area contributed by atoms with Gasteiger partial charge in [0.15, 0.2) is 0 Å². The number of nitrogens with zero attached hydrogens (tertiary/aromatic N) is 5. The molecule has 9 nitrogen and oxygen atoms in total. The van der Waals surface area contributed by atoms with Gasteiger partial charge in [0.1, 0.15) is 22.9 Å². The summed E-state index contributed by atoms with van der Waals surface area (Å²) in [4.78, 5) is 26.8. The second kappa shape index (κ2) is 11.2. The summed E-state index contributed by atoms with van der Waals surface area (Å²) in [7, 11) is 1.07. The third-order valence-electron chi connectivity index (χ3n) is 5.99. The molecule has 1 aliphatic rings. The molecule has 0 unspecified atom stereocenters. The minimum Gasteiger partial charge on any atom is -0.493 e. The van der Waals surface area contributed by atoms with Gasteiger partial charge in [-0.15, -0.1) is 0 Å². The predicted octanol–water partition coefficient (Wildman–Crippen LogP) is 4.23. The van der Waals surface area contributed by atoms with E-state index in [4.69, 9.17) is 9.26 Å². The van der Waals surface area contributed by atoms with Crippen molar-refractivity contribution >= 4 is 11.9 Å². The molecule has 0 N–H and O–H groups in total. The van der Waals surface area contributed by atoms with E-state index < -0.39 is 23.2 Å². The Kier molecular flexibility index (Phi) is 7.84. The van der Waals surface area contributed by atoms with Crippen LogP contribution in [0.2, 0.25) is 0 Å². The van der Waals surface area contributed by atoms with Crippen LogP contribution in [0.25, 0.3) is 11.4 Å². The molecular weight excluding hydrogens is 460 g/mol. The standard InChI is InChI=1S/C24H27F2N5O4/c1-3-20-29-22(30-35-20)16-13-27-24(28-14-16)31-8-6-15(7-9-31)5-4-10-34-17-11-18(25)21(19(26)12-17)23(32)33-2/h11-15H,3-10H2,1-2H3. The summed E-state index contributed by atoms with van der Waals surface area (Å²) in [6.45, 7) is 3.97. The average molecular weight is 488 g/mol. The zero-order valence-corrected chi connectivity index (χ0v) is 19.7. The van der Waals surface area contributed by atoms with E-state index in [-0.39, 0.29) is 5.75 Å². The first-order valence-electron chi connectivity index (χ1n) is 11.6. The number of aromatic nitrogens is 4. The lowest BCUT2D eigenvalue weighted by Gasteiger charge is -2.32. The maximum absolute atomic E-state index is 14.0. The number of anilines is 1. The zero-order chi connectivity index (χ0) is 24.8. The largest absolute Gasteiger partial charge is 0.493 e. The molecule has 1 fully saturated rings. The zero-order valence-electron chi connectivity index (χ0n) is 19.7. The first kappa shape index (κ1) is 24.5. The number of methoxy groups -OCH3 is 1. The second-order valence-corrected chi connectivity index (χ2v) is 8.31. The Labute approximate surface area is 201 Å². The highest BCUT2D eigenvalue weighted by atomic mass is 19.1. The number of hydrogen-bond acceptors (Lipinski definition) is 9. The van der Waals surface area contributed by atoms with Crippen molar-refractivity contribution in [3.63, 3.8) is 0 Å². The molecule has 4 rings (SSSR count). The number of hydrogen-bond donors (Lipinski definition) is 0. The van der Waals surface area contributed by atoms with Gasteiger partial charge in [0.2, 0.25) is 17.7 Å². The molecule has 1 aliphatic heterocycles. The van der Waals surface area contributed by atoms with Crippen LogP contribution in [-0.2, 0) is 11.2 Å². The van der Waals surface area contributed by atoms with Crippen LogP contribution in [0.4, 0.5) is 14.7 Å². The highest BCUT2D eigenvalue weighted by Crippen LogP contribution is 2.26. The van der Waals surface area contributed by atoms with E-state index in [1.165, 1.54) is 0 Å². The van der Waals surface area contributed by atoms with Gasteiger partial charge in [0.05, 0.1) is 19.3 Å². The molecule has 186 valence electrons. The molecule has 0 atom stereocenters. The number of halogens is 2. The Bertz CT molecular complexity index is 1120. The van der Waals surface area contributed by atoms with Crippen LogP contribution in [0.3, 0.4) is 0 Å². The third kappa shape index (κ3) is 5.90. The van der Waals surface area contributed by atoms with Gasteiger partial charge in [-0.2, -0.15) is 4.98 Å². The highest BCUT2D eigenvalue weighted by Gasteiger charge is 2.22. The van der Waals surface area contributed by atoms with E-state index in [1.54, 1.807) is 12.4 Å². The second-order valence-electron chi connectivity index (χ2n) is 8.31. The fraction of sp³-hybridized carbons (Fsp3) is 0.458.